The molecule has 5 nitrogen and oxygen atoms in total. The quantitative estimate of drug-likeness (QED) is 0.774. The minimum absolute atomic E-state index is 0.612. The first-order valence-corrected chi connectivity index (χ1v) is 6.84. The van der Waals surface area contributed by atoms with Gasteiger partial charge in [-0.1, -0.05) is 18.2 Å². The number of oxazole rings is 1. The van der Waals surface area contributed by atoms with Crippen LogP contribution in [0.25, 0.3) is 10.9 Å². The molecule has 0 fully saturated rings. The van der Waals surface area contributed by atoms with Gasteiger partial charge in [0.05, 0.1) is 24.0 Å². The van der Waals surface area contributed by atoms with Crippen LogP contribution in [0.3, 0.4) is 0 Å². The van der Waals surface area contributed by atoms with Crippen molar-refractivity contribution in [1.29, 1.82) is 0 Å². The molecule has 3 rings (SSSR count). The third-order valence-corrected chi connectivity index (χ3v) is 3.27. The molecule has 1 N–H and O–H groups in total. The van der Waals surface area contributed by atoms with E-state index < -0.39 is 0 Å². The monoisotopic (exact) mass is 270 g/mol. The normalized spacial score (nSPS) is 11.3. The van der Waals surface area contributed by atoms with E-state index in [-0.39, 0.29) is 0 Å². The van der Waals surface area contributed by atoms with Crippen LogP contribution in [-0.2, 0) is 19.6 Å². The largest absolute Gasteiger partial charge is 0.445 e. The molecule has 0 amide bonds. The Labute approximate surface area is 117 Å². The highest BCUT2D eigenvalue weighted by molar-refractivity contribution is 5.81. The van der Waals surface area contributed by atoms with Gasteiger partial charge in [0.2, 0.25) is 5.89 Å². The molecular weight excluding hydrogens is 252 g/mol. The molecule has 0 aliphatic heterocycles. The lowest BCUT2D eigenvalue weighted by Gasteiger charge is -1.99. The van der Waals surface area contributed by atoms with E-state index in [2.05, 4.69) is 34.5 Å². The van der Waals surface area contributed by atoms with Crippen LogP contribution in [0, 0.1) is 6.92 Å². The van der Waals surface area contributed by atoms with Crippen LogP contribution in [-0.4, -0.2) is 14.8 Å². The zero-order chi connectivity index (χ0) is 13.9. The summed E-state index contributed by atoms with van der Waals surface area (Å²) in [6, 6.07) is 8.31. The lowest BCUT2D eigenvalue weighted by molar-refractivity contribution is 0.448. The van der Waals surface area contributed by atoms with Gasteiger partial charge in [-0.25, -0.2) is 4.98 Å². The molecule has 1 aromatic carbocycles. The highest BCUT2D eigenvalue weighted by Crippen LogP contribution is 2.18. The number of hydrogen-bond donors (Lipinski definition) is 1. The Morgan fingerprint density at radius 3 is 2.85 bits per heavy atom. The smallest absolute Gasteiger partial charge is 0.208 e. The maximum atomic E-state index is 5.44. The molecule has 0 spiro atoms. The fraction of sp³-hybridized carbons (Fsp3) is 0.333. The predicted octanol–water partition coefficient (Wildman–Crippen LogP) is 2.64. The van der Waals surface area contributed by atoms with E-state index in [1.54, 1.807) is 6.20 Å². The molecule has 5 heteroatoms. The summed E-state index contributed by atoms with van der Waals surface area (Å²) >= 11 is 0. The van der Waals surface area contributed by atoms with Gasteiger partial charge in [-0.3, -0.25) is 4.68 Å². The van der Waals surface area contributed by atoms with Gasteiger partial charge in [0.15, 0.2) is 0 Å². The second kappa shape index (κ2) is 5.46. The minimum Gasteiger partial charge on any atom is -0.445 e. The highest BCUT2D eigenvalue weighted by Gasteiger charge is 2.09. The van der Waals surface area contributed by atoms with Crippen LogP contribution in [0.4, 0.5) is 0 Å². The molecule has 0 radical (unpaired) electrons. The number of nitrogens with zero attached hydrogens (tertiary/aromatic N) is 3. The lowest BCUT2D eigenvalue weighted by atomic mass is 10.2. The lowest BCUT2D eigenvalue weighted by Crippen LogP contribution is -2.13. The van der Waals surface area contributed by atoms with Gasteiger partial charge in [-0.05, 0) is 19.9 Å². The molecule has 0 unspecified atom stereocenters. The van der Waals surface area contributed by atoms with Crippen molar-refractivity contribution < 1.29 is 4.42 Å². The first kappa shape index (κ1) is 12.9. The average molecular weight is 270 g/mol. The number of fused-ring (bicyclic) bond motifs is 1. The van der Waals surface area contributed by atoms with Gasteiger partial charge in [0, 0.05) is 18.5 Å². The van der Waals surface area contributed by atoms with Crippen molar-refractivity contribution in [2.75, 3.05) is 0 Å². The Balaban J connectivity index is 1.74. The summed E-state index contributed by atoms with van der Waals surface area (Å²) < 4.78 is 7.47. The second-order valence-electron chi connectivity index (χ2n) is 4.75. The van der Waals surface area contributed by atoms with Gasteiger partial charge in [-0.2, -0.15) is 5.10 Å². The van der Waals surface area contributed by atoms with Crippen LogP contribution < -0.4 is 5.32 Å². The van der Waals surface area contributed by atoms with Crippen molar-refractivity contribution in [2.24, 2.45) is 0 Å². The Bertz CT molecular complexity index is 714. The van der Waals surface area contributed by atoms with Gasteiger partial charge in [-0.15, -0.1) is 0 Å². The molecule has 0 aliphatic carbocycles. The van der Waals surface area contributed by atoms with E-state index in [0.29, 0.717) is 19.0 Å². The van der Waals surface area contributed by atoms with Crippen molar-refractivity contribution in [1.82, 2.24) is 20.1 Å². The zero-order valence-electron chi connectivity index (χ0n) is 11.8. The number of benzene rings is 1. The molecule has 0 atom stereocenters. The van der Waals surface area contributed by atoms with Gasteiger partial charge in [0.25, 0.3) is 0 Å². The second-order valence-corrected chi connectivity index (χ2v) is 4.75. The predicted molar refractivity (Wildman–Crippen MR) is 77.2 cm³/mol. The summed E-state index contributed by atoms with van der Waals surface area (Å²) in [7, 11) is 0. The van der Waals surface area contributed by atoms with Crippen LogP contribution >= 0.6 is 0 Å². The number of nitrogens with one attached hydrogen (secondary N) is 1. The molecular formula is C15H18N4O. The number of aromatic nitrogens is 3. The topological polar surface area (TPSA) is 55.9 Å². The van der Waals surface area contributed by atoms with Crippen molar-refractivity contribution in [3.05, 3.63) is 47.8 Å². The molecule has 0 bridgehead atoms. The molecule has 3 aromatic rings. The number of hydrogen-bond acceptors (Lipinski definition) is 4. The highest BCUT2D eigenvalue weighted by atomic mass is 16.4. The van der Waals surface area contributed by atoms with Gasteiger partial charge < -0.3 is 9.73 Å². The molecule has 0 saturated carbocycles. The SMILES string of the molecule is CCn1nc(CNCc2ncc(C)o2)c2ccccc21. The number of aryl methyl sites for hydroxylation is 2. The summed E-state index contributed by atoms with van der Waals surface area (Å²) in [5, 5.41) is 9.18. The number of para-hydroxylation sites is 1. The van der Waals surface area contributed by atoms with Gasteiger partial charge in [0.1, 0.15) is 5.76 Å². The van der Waals surface area contributed by atoms with Crippen molar-refractivity contribution in [2.45, 2.75) is 33.5 Å². The Morgan fingerprint density at radius 2 is 2.10 bits per heavy atom. The molecule has 2 heterocycles. The van der Waals surface area contributed by atoms with E-state index >= 15 is 0 Å². The van der Waals surface area contributed by atoms with E-state index in [0.717, 1.165) is 18.0 Å². The Morgan fingerprint density at radius 1 is 1.25 bits per heavy atom. The van der Waals surface area contributed by atoms with Gasteiger partial charge >= 0.3 is 0 Å². The first-order valence-electron chi connectivity index (χ1n) is 6.84. The summed E-state index contributed by atoms with van der Waals surface area (Å²) in [6.45, 7) is 6.19. The molecule has 20 heavy (non-hydrogen) atoms. The standard InChI is InChI=1S/C15H18N4O/c1-3-19-14-7-5-4-6-12(14)13(18-19)9-16-10-15-17-8-11(2)20-15/h4-8,16H,3,9-10H2,1-2H3. The maximum absolute atomic E-state index is 5.44. The maximum Gasteiger partial charge on any atom is 0.208 e. The van der Waals surface area contributed by atoms with Crippen molar-refractivity contribution in [3.63, 3.8) is 0 Å². The summed E-state index contributed by atoms with van der Waals surface area (Å²) in [4.78, 5) is 4.18. The minimum atomic E-state index is 0.612. The zero-order valence-corrected chi connectivity index (χ0v) is 11.8. The van der Waals surface area contributed by atoms with E-state index in [9.17, 15) is 0 Å². The van der Waals surface area contributed by atoms with Crippen molar-refractivity contribution in [3.8, 4) is 0 Å². The third-order valence-electron chi connectivity index (χ3n) is 3.27. The molecule has 104 valence electrons. The van der Waals surface area contributed by atoms with E-state index in [1.807, 2.05) is 23.7 Å². The van der Waals surface area contributed by atoms with E-state index in [1.165, 1.54) is 10.9 Å². The third kappa shape index (κ3) is 2.44. The fourth-order valence-corrected chi connectivity index (χ4v) is 2.34. The van der Waals surface area contributed by atoms with Crippen LogP contribution in [0.15, 0.2) is 34.9 Å². The molecule has 0 saturated heterocycles. The van der Waals surface area contributed by atoms with Crippen LogP contribution in [0.2, 0.25) is 0 Å². The van der Waals surface area contributed by atoms with Crippen molar-refractivity contribution >= 4 is 10.9 Å². The van der Waals surface area contributed by atoms with Crippen LogP contribution in [0.5, 0.6) is 0 Å². The molecule has 0 aliphatic rings. The number of rotatable bonds is 5. The average Bonchev–Trinajstić information content (AvgIpc) is 3.03. The van der Waals surface area contributed by atoms with E-state index in [4.69, 9.17) is 4.42 Å². The Kier molecular flexibility index (Phi) is 3.52. The summed E-state index contributed by atoms with van der Waals surface area (Å²) in [5.74, 6) is 1.55. The molecule has 2 aromatic heterocycles. The Hall–Kier alpha value is -2.14. The summed E-state index contributed by atoms with van der Waals surface area (Å²) in [5.41, 5.74) is 2.24. The first-order chi connectivity index (χ1) is 9.78. The fourth-order valence-electron chi connectivity index (χ4n) is 2.34. The summed E-state index contributed by atoms with van der Waals surface area (Å²) in [6.07, 6.45) is 1.73. The van der Waals surface area contributed by atoms with Crippen LogP contribution in [0.1, 0.15) is 24.3 Å².